The highest BCUT2D eigenvalue weighted by atomic mass is 16.5. The van der Waals surface area contributed by atoms with Gasteiger partial charge in [0.05, 0.1) is 26.2 Å². The van der Waals surface area contributed by atoms with E-state index in [1.54, 1.807) is 4.90 Å². The number of hydrogen-bond acceptors (Lipinski definition) is 2. The molecule has 0 amide bonds. The lowest BCUT2D eigenvalue weighted by Crippen LogP contribution is -3.09. The van der Waals surface area contributed by atoms with Crippen LogP contribution < -0.4 is 9.64 Å². The van der Waals surface area contributed by atoms with E-state index in [2.05, 4.69) is 0 Å². The highest BCUT2D eigenvalue weighted by molar-refractivity contribution is 6.08. The monoisotopic (exact) mass is 324 g/mol. The van der Waals surface area contributed by atoms with Crippen LogP contribution in [0.5, 0.6) is 5.75 Å². The van der Waals surface area contributed by atoms with E-state index < -0.39 is 0 Å². The molecule has 126 valence electrons. The van der Waals surface area contributed by atoms with Crippen molar-refractivity contribution < 1.29 is 14.4 Å². The Bertz CT molecular complexity index is 631. The summed E-state index contributed by atoms with van der Waals surface area (Å²) in [7, 11) is 0. The minimum atomic E-state index is 0.0516. The fourth-order valence-electron chi connectivity index (χ4n) is 3.25. The molecule has 1 heterocycles. The summed E-state index contributed by atoms with van der Waals surface area (Å²) in [6.45, 7) is 4.71. The van der Waals surface area contributed by atoms with Gasteiger partial charge in [0.1, 0.15) is 5.75 Å². The topological polar surface area (TPSA) is 30.7 Å². The molecule has 1 aliphatic rings. The molecular weight excluding hydrogens is 298 g/mol. The third kappa shape index (κ3) is 4.68. The van der Waals surface area contributed by atoms with Crippen LogP contribution in [0.3, 0.4) is 0 Å². The van der Waals surface area contributed by atoms with E-state index in [1.807, 2.05) is 54.6 Å². The van der Waals surface area contributed by atoms with Crippen LogP contribution in [-0.2, 0) is 0 Å². The summed E-state index contributed by atoms with van der Waals surface area (Å²) in [5, 5.41) is 0. The number of likely N-dealkylation sites (tertiary alicyclic amines) is 1. The number of ketones is 1. The van der Waals surface area contributed by atoms with E-state index in [9.17, 15) is 4.79 Å². The SMILES string of the molecule is O=C(c1ccccc1)c1ccc(OCCCC[NH+]2CCCC2)cc1. The van der Waals surface area contributed by atoms with Crippen LogP contribution in [0.1, 0.15) is 41.6 Å². The minimum absolute atomic E-state index is 0.0516. The summed E-state index contributed by atoms with van der Waals surface area (Å²) in [5.74, 6) is 0.892. The standard InChI is InChI=1S/C21H25NO2/c23-21(18-8-2-1-3-9-18)19-10-12-20(13-11-19)24-17-7-6-16-22-14-4-5-15-22/h1-3,8-13H,4-7,14-17H2/p+1. The van der Waals surface area contributed by atoms with Crippen LogP contribution in [-0.4, -0.2) is 32.0 Å². The van der Waals surface area contributed by atoms with Crippen molar-refractivity contribution in [2.45, 2.75) is 25.7 Å². The number of rotatable bonds is 8. The summed E-state index contributed by atoms with van der Waals surface area (Å²) in [4.78, 5) is 14.1. The average molecular weight is 324 g/mol. The zero-order valence-electron chi connectivity index (χ0n) is 14.2. The van der Waals surface area contributed by atoms with Gasteiger partial charge in [-0.2, -0.15) is 0 Å². The third-order valence-electron chi connectivity index (χ3n) is 4.66. The molecule has 0 bridgehead atoms. The van der Waals surface area contributed by atoms with Gasteiger partial charge in [-0.25, -0.2) is 0 Å². The number of carbonyl (C=O) groups excluding carboxylic acids is 1. The van der Waals surface area contributed by atoms with Gasteiger partial charge < -0.3 is 9.64 Å². The number of hydrogen-bond donors (Lipinski definition) is 1. The van der Waals surface area contributed by atoms with Crippen molar-refractivity contribution in [2.24, 2.45) is 0 Å². The van der Waals surface area contributed by atoms with E-state index in [-0.39, 0.29) is 5.78 Å². The number of benzene rings is 2. The molecule has 3 nitrogen and oxygen atoms in total. The molecule has 0 spiro atoms. The highest BCUT2D eigenvalue weighted by Gasteiger charge is 2.14. The molecule has 3 rings (SSSR count). The number of quaternary nitrogens is 1. The van der Waals surface area contributed by atoms with Crippen LogP contribution in [0, 0.1) is 0 Å². The van der Waals surface area contributed by atoms with Crippen LogP contribution in [0.15, 0.2) is 54.6 Å². The maximum Gasteiger partial charge on any atom is 0.193 e. The molecule has 0 atom stereocenters. The summed E-state index contributed by atoms with van der Waals surface area (Å²) in [6.07, 6.45) is 5.09. The van der Waals surface area contributed by atoms with Crippen molar-refractivity contribution in [2.75, 3.05) is 26.2 Å². The van der Waals surface area contributed by atoms with Gasteiger partial charge in [-0.3, -0.25) is 4.79 Å². The van der Waals surface area contributed by atoms with Crippen LogP contribution in [0.4, 0.5) is 0 Å². The van der Waals surface area contributed by atoms with E-state index >= 15 is 0 Å². The Morgan fingerprint density at radius 2 is 1.54 bits per heavy atom. The lowest BCUT2D eigenvalue weighted by Gasteiger charge is -2.12. The molecule has 1 saturated heterocycles. The highest BCUT2D eigenvalue weighted by Crippen LogP contribution is 2.15. The van der Waals surface area contributed by atoms with Gasteiger partial charge in [-0.15, -0.1) is 0 Å². The first-order valence-corrected chi connectivity index (χ1v) is 8.99. The Morgan fingerprint density at radius 3 is 2.25 bits per heavy atom. The Kier molecular flexibility index (Phi) is 6.02. The van der Waals surface area contributed by atoms with Crippen molar-refractivity contribution in [3.05, 3.63) is 65.7 Å². The third-order valence-corrected chi connectivity index (χ3v) is 4.66. The predicted octanol–water partition coefficient (Wildman–Crippen LogP) is 2.76. The van der Waals surface area contributed by atoms with Crippen LogP contribution in [0.2, 0.25) is 0 Å². The average Bonchev–Trinajstić information content (AvgIpc) is 3.16. The molecular formula is C21H26NO2+. The van der Waals surface area contributed by atoms with E-state index in [0.29, 0.717) is 5.56 Å². The van der Waals surface area contributed by atoms with Crippen molar-refractivity contribution in [1.29, 1.82) is 0 Å². The summed E-state index contributed by atoms with van der Waals surface area (Å²) in [6, 6.07) is 16.8. The lowest BCUT2D eigenvalue weighted by atomic mass is 10.0. The molecule has 3 heteroatoms. The Hall–Kier alpha value is -2.13. The molecule has 0 unspecified atom stereocenters. The smallest absolute Gasteiger partial charge is 0.193 e. The lowest BCUT2D eigenvalue weighted by molar-refractivity contribution is -0.887. The van der Waals surface area contributed by atoms with Gasteiger partial charge >= 0.3 is 0 Å². The molecule has 0 aromatic heterocycles. The molecule has 1 aliphatic heterocycles. The number of unbranched alkanes of at least 4 members (excludes halogenated alkanes) is 1. The molecule has 0 aliphatic carbocycles. The Balaban J connectivity index is 1.42. The van der Waals surface area contributed by atoms with E-state index in [4.69, 9.17) is 4.74 Å². The van der Waals surface area contributed by atoms with Crippen molar-refractivity contribution in [3.63, 3.8) is 0 Å². The summed E-state index contributed by atoms with van der Waals surface area (Å²) < 4.78 is 5.79. The van der Waals surface area contributed by atoms with Gasteiger partial charge in [0.2, 0.25) is 0 Å². The quantitative estimate of drug-likeness (QED) is 0.598. The number of ether oxygens (including phenoxy) is 1. The normalized spacial score (nSPS) is 14.7. The van der Waals surface area contributed by atoms with Gasteiger partial charge in [0.25, 0.3) is 0 Å². The molecule has 0 saturated carbocycles. The second kappa shape index (κ2) is 8.65. The zero-order chi connectivity index (χ0) is 16.6. The van der Waals surface area contributed by atoms with Crippen LogP contribution in [0.25, 0.3) is 0 Å². The number of nitrogens with one attached hydrogen (secondary N) is 1. The van der Waals surface area contributed by atoms with E-state index in [1.165, 1.54) is 38.9 Å². The summed E-state index contributed by atoms with van der Waals surface area (Å²) >= 11 is 0. The first kappa shape index (κ1) is 16.7. The number of carbonyl (C=O) groups is 1. The van der Waals surface area contributed by atoms with Crippen LogP contribution >= 0.6 is 0 Å². The molecule has 1 N–H and O–H groups in total. The molecule has 24 heavy (non-hydrogen) atoms. The summed E-state index contributed by atoms with van der Waals surface area (Å²) in [5.41, 5.74) is 1.42. The first-order chi connectivity index (χ1) is 11.8. The van der Waals surface area contributed by atoms with E-state index in [0.717, 1.165) is 24.3 Å². The molecule has 2 aromatic rings. The first-order valence-electron chi connectivity index (χ1n) is 8.99. The maximum atomic E-state index is 12.3. The second-order valence-corrected chi connectivity index (χ2v) is 6.48. The molecule has 1 fully saturated rings. The van der Waals surface area contributed by atoms with Gasteiger partial charge in [-0.1, -0.05) is 30.3 Å². The Labute approximate surface area is 144 Å². The zero-order valence-corrected chi connectivity index (χ0v) is 14.2. The molecule has 0 radical (unpaired) electrons. The van der Waals surface area contributed by atoms with Gasteiger partial charge in [-0.05, 0) is 37.1 Å². The Morgan fingerprint density at radius 1 is 0.875 bits per heavy atom. The maximum absolute atomic E-state index is 12.3. The van der Waals surface area contributed by atoms with Gasteiger partial charge in [0, 0.05) is 24.0 Å². The predicted molar refractivity (Wildman–Crippen MR) is 95.8 cm³/mol. The van der Waals surface area contributed by atoms with Crippen molar-refractivity contribution >= 4 is 5.78 Å². The fraction of sp³-hybridized carbons (Fsp3) is 0.381. The molecule has 2 aromatic carbocycles. The second-order valence-electron chi connectivity index (χ2n) is 6.48. The minimum Gasteiger partial charge on any atom is -0.494 e. The largest absolute Gasteiger partial charge is 0.494 e. The van der Waals surface area contributed by atoms with Crippen molar-refractivity contribution in [1.82, 2.24) is 0 Å². The van der Waals surface area contributed by atoms with Gasteiger partial charge in [0.15, 0.2) is 5.78 Å². The fourth-order valence-corrected chi connectivity index (χ4v) is 3.25. The van der Waals surface area contributed by atoms with Crippen molar-refractivity contribution in [3.8, 4) is 5.75 Å².